The van der Waals surface area contributed by atoms with Gasteiger partial charge in [-0.2, -0.15) is 0 Å². The van der Waals surface area contributed by atoms with E-state index in [1.54, 1.807) is 31.7 Å². The lowest BCUT2D eigenvalue weighted by Crippen LogP contribution is -2.58. The summed E-state index contributed by atoms with van der Waals surface area (Å²) in [7, 11) is 0. The average Bonchev–Trinajstić information content (AvgIpc) is 2.95. The first-order valence-electron chi connectivity index (χ1n) is 14.7. The number of anilines is 1. The molecule has 2 aliphatic heterocycles. The number of nitrogens with zero attached hydrogens (tertiary/aromatic N) is 3. The number of pyridine rings is 1. The molecule has 0 saturated carbocycles. The molecule has 2 amide bonds. The molecule has 3 aliphatic rings. The third-order valence-electron chi connectivity index (χ3n) is 8.67. The first-order chi connectivity index (χ1) is 20.4. The van der Waals surface area contributed by atoms with Gasteiger partial charge in [-0.15, -0.1) is 0 Å². The minimum absolute atomic E-state index is 0.00598. The highest BCUT2D eigenvalue weighted by Crippen LogP contribution is 2.42. The Hall–Kier alpha value is -3.85. The highest BCUT2D eigenvalue weighted by Gasteiger charge is 2.45. The monoisotopic (exact) mass is 607 g/mol. The number of rotatable bonds is 7. The molecule has 0 bridgehead atoms. The maximum Gasteiger partial charge on any atom is 0.307 e. The lowest BCUT2D eigenvalue weighted by atomic mass is 9.76. The molecular formula is C33H38ClN3O6. The van der Waals surface area contributed by atoms with E-state index in [0.717, 1.165) is 16.7 Å². The Morgan fingerprint density at radius 1 is 1.16 bits per heavy atom. The molecule has 9 nitrogen and oxygen atoms in total. The van der Waals surface area contributed by atoms with Crippen LogP contribution < -0.4 is 14.4 Å². The lowest BCUT2D eigenvalue weighted by molar-refractivity contribution is -0.138. The SMILES string of the molecule is CC1C(C(=O)N2CCC(N3C(=O)C(C)(C)Oc4ncc(Cl)cc43)CC2)=CC=C(c2ccccc2O[C@H](C)CC(=O)O)[C@@H]1C. The summed E-state index contributed by atoms with van der Waals surface area (Å²) in [4.78, 5) is 46.3. The molecule has 1 aromatic carbocycles. The molecule has 1 unspecified atom stereocenters. The summed E-state index contributed by atoms with van der Waals surface area (Å²) in [5.74, 6) is -0.0544. The zero-order valence-corrected chi connectivity index (χ0v) is 25.9. The summed E-state index contributed by atoms with van der Waals surface area (Å²) in [6.45, 7) is 10.4. The fourth-order valence-electron chi connectivity index (χ4n) is 6.16. The summed E-state index contributed by atoms with van der Waals surface area (Å²) < 4.78 is 11.9. The number of ether oxygens (including phenoxy) is 2. The third kappa shape index (κ3) is 6.13. The number of aromatic nitrogens is 1. The van der Waals surface area contributed by atoms with Crippen molar-refractivity contribution in [3.63, 3.8) is 0 Å². The first kappa shape index (κ1) is 30.6. The number of carbonyl (C=O) groups is 3. The Balaban J connectivity index is 1.31. The largest absolute Gasteiger partial charge is 0.489 e. The van der Waals surface area contributed by atoms with Gasteiger partial charge < -0.3 is 24.4 Å². The Morgan fingerprint density at radius 3 is 2.56 bits per heavy atom. The van der Waals surface area contributed by atoms with Crippen molar-refractivity contribution in [2.75, 3.05) is 18.0 Å². The normalized spacial score (nSPS) is 22.6. The van der Waals surface area contributed by atoms with Crippen LogP contribution in [-0.2, 0) is 14.4 Å². The number of aliphatic carboxylic acids is 1. The second-order valence-electron chi connectivity index (χ2n) is 12.1. The average molecular weight is 608 g/mol. The van der Waals surface area contributed by atoms with Crippen molar-refractivity contribution in [2.24, 2.45) is 11.8 Å². The Morgan fingerprint density at radius 2 is 1.86 bits per heavy atom. The summed E-state index contributed by atoms with van der Waals surface area (Å²) in [5.41, 5.74) is 2.20. The predicted molar refractivity (Wildman–Crippen MR) is 164 cm³/mol. The zero-order chi connectivity index (χ0) is 31.1. The minimum atomic E-state index is -1.05. The van der Waals surface area contributed by atoms with Crippen LogP contribution in [0.5, 0.6) is 11.6 Å². The number of hydrogen-bond donors (Lipinski definition) is 1. The molecule has 228 valence electrons. The van der Waals surface area contributed by atoms with Crippen LogP contribution in [0.15, 0.2) is 54.3 Å². The van der Waals surface area contributed by atoms with Crippen molar-refractivity contribution in [3.05, 3.63) is 64.8 Å². The van der Waals surface area contributed by atoms with Crippen molar-refractivity contribution in [3.8, 4) is 11.6 Å². The number of halogens is 1. The number of hydrogen-bond acceptors (Lipinski definition) is 6. The molecule has 1 aliphatic carbocycles. The summed E-state index contributed by atoms with van der Waals surface area (Å²) in [6, 6.07) is 9.22. The Kier molecular flexibility index (Phi) is 8.56. The van der Waals surface area contributed by atoms with Gasteiger partial charge >= 0.3 is 5.97 Å². The van der Waals surface area contributed by atoms with Crippen LogP contribution in [0.3, 0.4) is 0 Å². The number of allylic oxidation sites excluding steroid dienone is 3. The van der Waals surface area contributed by atoms with E-state index in [0.29, 0.717) is 48.3 Å². The van der Waals surface area contributed by atoms with E-state index in [9.17, 15) is 14.4 Å². The number of piperidine rings is 1. The quantitative estimate of drug-likeness (QED) is 0.426. The van der Waals surface area contributed by atoms with Gasteiger partial charge in [0.15, 0.2) is 5.60 Å². The minimum Gasteiger partial charge on any atom is -0.489 e. The number of carboxylic acid groups (broad SMARTS) is 1. The zero-order valence-electron chi connectivity index (χ0n) is 25.2. The van der Waals surface area contributed by atoms with Gasteiger partial charge in [-0.3, -0.25) is 14.4 Å². The van der Waals surface area contributed by atoms with Crippen LogP contribution in [-0.4, -0.2) is 63.6 Å². The Labute approximate surface area is 257 Å². The Bertz CT molecular complexity index is 1490. The number of fused-ring (bicyclic) bond motifs is 1. The van der Waals surface area contributed by atoms with Crippen molar-refractivity contribution < 1.29 is 29.0 Å². The number of carbonyl (C=O) groups excluding carboxylic acids is 2. The molecule has 0 radical (unpaired) electrons. The molecule has 3 heterocycles. The highest BCUT2D eigenvalue weighted by molar-refractivity contribution is 6.31. The van der Waals surface area contributed by atoms with E-state index >= 15 is 0 Å². The topological polar surface area (TPSA) is 109 Å². The summed E-state index contributed by atoms with van der Waals surface area (Å²) in [6.07, 6.45) is 6.07. The molecule has 5 rings (SSSR count). The molecule has 1 saturated heterocycles. The van der Waals surface area contributed by atoms with Crippen molar-refractivity contribution >= 4 is 40.6 Å². The van der Waals surface area contributed by atoms with Crippen molar-refractivity contribution in [1.82, 2.24) is 9.88 Å². The van der Waals surface area contributed by atoms with E-state index < -0.39 is 17.7 Å². The van der Waals surface area contributed by atoms with Gasteiger partial charge in [0.25, 0.3) is 5.91 Å². The predicted octanol–water partition coefficient (Wildman–Crippen LogP) is 5.77. The molecular weight excluding hydrogens is 570 g/mol. The van der Waals surface area contributed by atoms with Gasteiger partial charge in [-0.25, -0.2) is 4.98 Å². The standard InChI is InChI=1S/C33H38ClN3O6/c1-19(16-29(38)39)42-28-9-7-6-8-26(28)24-10-11-25(21(3)20(24)2)31(40)36-14-12-23(13-15-36)37-27-17-22(34)18-35-30(27)43-33(4,5)32(37)41/h6-11,17-21,23H,12-16H2,1-5H3,(H,38,39)/t19-,20-,21?/m1/s1. The van der Waals surface area contributed by atoms with Gasteiger partial charge in [0.2, 0.25) is 11.8 Å². The lowest BCUT2D eigenvalue weighted by Gasteiger charge is -2.44. The third-order valence-corrected chi connectivity index (χ3v) is 8.88. The fourth-order valence-corrected chi connectivity index (χ4v) is 6.31. The number of amides is 2. The van der Waals surface area contributed by atoms with Crippen LogP contribution >= 0.6 is 11.6 Å². The molecule has 1 N–H and O–H groups in total. The van der Waals surface area contributed by atoms with Crippen molar-refractivity contribution in [2.45, 2.75) is 71.6 Å². The molecule has 2 aromatic rings. The van der Waals surface area contributed by atoms with Gasteiger partial charge in [0, 0.05) is 36.5 Å². The smallest absolute Gasteiger partial charge is 0.307 e. The molecule has 3 atom stereocenters. The second kappa shape index (κ2) is 12.0. The van der Waals surface area contributed by atoms with Crippen LogP contribution in [0.1, 0.15) is 59.4 Å². The van der Waals surface area contributed by atoms with E-state index in [2.05, 4.69) is 18.8 Å². The van der Waals surface area contributed by atoms with Gasteiger partial charge in [0.1, 0.15) is 17.5 Å². The van der Waals surface area contributed by atoms with E-state index in [4.69, 9.17) is 26.2 Å². The van der Waals surface area contributed by atoms with Crippen molar-refractivity contribution in [1.29, 1.82) is 0 Å². The molecule has 10 heteroatoms. The number of carboxylic acids is 1. The molecule has 1 aromatic heterocycles. The van der Waals surface area contributed by atoms with Gasteiger partial charge in [-0.05, 0) is 63.2 Å². The maximum absolute atomic E-state index is 13.8. The number of para-hydroxylation sites is 1. The van der Waals surface area contributed by atoms with Crippen LogP contribution in [0.25, 0.3) is 5.57 Å². The van der Waals surface area contributed by atoms with E-state index in [-0.39, 0.29) is 36.1 Å². The van der Waals surface area contributed by atoms with Crippen LogP contribution in [0, 0.1) is 11.8 Å². The molecule has 1 fully saturated rings. The summed E-state index contributed by atoms with van der Waals surface area (Å²) >= 11 is 6.23. The van der Waals surface area contributed by atoms with Crippen LogP contribution in [0.4, 0.5) is 5.69 Å². The molecule has 0 spiro atoms. The van der Waals surface area contributed by atoms with Gasteiger partial charge in [0.05, 0.1) is 11.4 Å². The summed E-state index contributed by atoms with van der Waals surface area (Å²) in [5, 5.41) is 9.57. The fraction of sp³-hybridized carbons (Fsp3) is 0.455. The van der Waals surface area contributed by atoms with Gasteiger partial charge in [-0.1, -0.05) is 55.8 Å². The second-order valence-corrected chi connectivity index (χ2v) is 12.6. The maximum atomic E-state index is 13.8. The highest BCUT2D eigenvalue weighted by atomic mass is 35.5. The molecule has 43 heavy (non-hydrogen) atoms. The van der Waals surface area contributed by atoms with E-state index in [1.807, 2.05) is 41.3 Å². The first-order valence-corrected chi connectivity index (χ1v) is 15.1. The number of benzene rings is 1. The van der Waals surface area contributed by atoms with Crippen LogP contribution in [0.2, 0.25) is 5.02 Å². The van der Waals surface area contributed by atoms with E-state index in [1.165, 1.54) is 6.20 Å². The number of likely N-dealkylation sites (tertiary alicyclic amines) is 1.